The Balaban J connectivity index is 1.79. The molecule has 0 saturated heterocycles. The van der Waals surface area contributed by atoms with Gasteiger partial charge in [0.1, 0.15) is 5.82 Å². The van der Waals surface area contributed by atoms with Crippen molar-refractivity contribution in [1.29, 1.82) is 0 Å². The Labute approximate surface area is 121 Å². The molecular weight excluding hydrogens is 269 g/mol. The van der Waals surface area contributed by atoms with E-state index < -0.39 is 0 Å². The summed E-state index contributed by atoms with van der Waals surface area (Å²) in [7, 11) is 0. The van der Waals surface area contributed by atoms with E-state index in [0.29, 0.717) is 18.1 Å². The van der Waals surface area contributed by atoms with E-state index >= 15 is 0 Å². The molecule has 1 N–H and O–H groups in total. The van der Waals surface area contributed by atoms with Crippen molar-refractivity contribution in [2.45, 2.75) is 13.5 Å². The zero-order valence-corrected chi connectivity index (χ0v) is 11.5. The molecular formula is C15H14FN5. The predicted octanol–water partition coefficient (Wildman–Crippen LogP) is 2.72. The van der Waals surface area contributed by atoms with Gasteiger partial charge in [-0.2, -0.15) is 4.68 Å². The maximum atomic E-state index is 13.8. The van der Waals surface area contributed by atoms with Gasteiger partial charge in [0.15, 0.2) is 5.82 Å². The van der Waals surface area contributed by atoms with E-state index in [0.717, 1.165) is 11.3 Å². The van der Waals surface area contributed by atoms with Crippen LogP contribution in [0.2, 0.25) is 0 Å². The van der Waals surface area contributed by atoms with Crippen LogP contribution in [-0.4, -0.2) is 20.2 Å². The minimum absolute atomic E-state index is 0.284. The minimum atomic E-state index is -0.284. The van der Waals surface area contributed by atoms with Crippen molar-refractivity contribution in [3.05, 3.63) is 65.7 Å². The van der Waals surface area contributed by atoms with Crippen LogP contribution in [0.25, 0.3) is 5.69 Å². The predicted molar refractivity (Wildman–Crippen MR) is 77.6 cm³/mol. The van der Waals surface area contributed by atoms with Crippen LogP contribution in [0, 0.1) is 12.7 Å². The van der Waals surface area contributed by atoms with Crippen LogP contribution in [0.5, 0.6) is 0 Å². The normalized spacial score (nSPS) is 10.6. The van der Waals surface area contributed by atoms with Crippen LogP contribution < -0.4 is 5.32 Å². The number of rotatable bonds is 4. The first kappa shape index (κ1) is 13.2. The Bertz CT molecular complexity index is 739. The third-order valence-electron chi connectivity index (χ3n) is 3.10. The molecule has 0 spiro atoms. The van der Waals surface area contributed by atoms with Crippen molar-refractivity contribution in [2.75, 3.05) is 5.32 Å². The third-order valence-corrected chi connectivity index (χ3v) is 3.10. The second-order valence-corrected chi connectivity index (χ2v) is 4.68. The molecule has 0 unspecified atom stereocenters. The number of aryl methyl sites for hydroxylation is 1. The van der Waals surface area contributed by atoms with E-state index in [4.69, 9.17) is 0 Å². The number of hydrogen-bond donors (Lipinski definition) is 1. The maximum Gasteiger partial charge on any atom is 0.175 e. The van der Waals surface area contributed by atoms with Crippen LogP contribution in [0.15, 0.2) is 48.5 Å². The lowest BCUT2D eigenvalue weighted by Gasteiger charge is -2.08. The number of nitrogens with one attached hydrogen (secondary N) is 1. The number of tetrazole rings is 1. The first-order chi connectivity index (χ1) is 10.2. The van der Waals surface area contributed by atoms with Gasteiger partial charge in [-0.05, 0) is 47.2 Å². The van der Waals surface area contributed by atoms with Crippen LogP contribution in [-0.2, 0) is 6.54 Å². The van der Waals surface area contributed by atoms with Crippen LogP contribution >= 0.6 is 0 Å². The van der Waals surface area contributed by atoms with E-state index in [2.05, 4.69) is 20.8 Å². The molecule has 0 atom stereocenters. The average Bonchev–Trinajstić information content (AvgIpc) is 2.96. The number of halogens is 1. The van der Waals surface area contributed by atoms with Gasteiger partial charge in [-0.3, -0.25) is 0 Å². The van der Waals surface area contributed by atoms with E-state index in [-0.39, 0.29) is 5.82 Å². The summed E-state index contributed by atoms with van der Waals surface area (Å²) in [5, 5.41) is 14.6. The summed E-state index contributed by atoms with van der Waals surface area (Å²) in [6, 6.07) is 14.6. The van der Waals surface area contributed by atoms with Gasteiger partial charge in [0.2, 0.25) is 0 Å². The van der Waals surface area contributed by atoms with Crippen LogP contribution in [0.3, 0.4) is 0 Å². The zero-order valence-electron chi connectivity index (χ0n) is 11.5. The highest BCUT2D eigenvalue weighted by atomic mass is 19.1. The van der Waals surface area contributed by atoms with E-state index in [1.54, 1.807) is 10.7 Å². The first-order valence-electron chi connectivity index (χ1n) is 6.57. The van der Waals surface area contributed by atoms with Gasteiger partial charge in [-0.15, -0.1) is 5.10 Å². The molecule has 2 aromatic carbocycles. The lowest BCUT2D eigenvalue weighted by molar-refractivity contribution is 0.628. The summed E-state index contributed by atoms with van der Waals surface area (Å²) in [6.45, 7) is 2.19. The Morgan fingerprint density at radius 3 is 2.71 bits per heavy atom. The summed E-state index contributed by atoms with van der Waals surface area (Å²) >= 11 is 0. The van der Waals surface area contributed by atoms with E-state index in [9.17, 15) is 4.39 Å². The standard InChI is InChI=1S/C15H14FN5/c1-11-7-8-14(13(16)9-11)17-10-15-18-19-20-21(15)12-5-3-2-4-6-12/h2-9,17H,10H2,1H3. The van der Waals surface area contributed by atoms with Crippen molar-refractivity contribution >= 4 is 5.69 Å². The molecule has 5 nitrogen and oxygen atoms in total. The smallest absolute Gasteiger partial charge is 0.175 e. The fourth-order valence-corrected chi connectivity index (χ4v) is 2.02. The van der Waals surface area contributed by atoms with Gasteiger partial charge < -0.3 is 5.32 Å². The van der Waals surface area contributed by atoms with Crippen molar-refractivity contribution in [1.82, 2.24) is 20.2 Å². The summed E-state index contributed by atoms with van der Waals surface area (Å²) in [4.78, 5) is 0. The second-order valence-electron chi connectivity index (χ2n) is 4.68. The first-order valence-corrected chi connectivity index (χ1v) is 6.57. The molecule has 0 amide bonds. The minimum Gasteiger partial charge on any atom is -0.375 e. The lowest BCUT2D eigenvalue weighted by Crippen LogP contribution is -2.09. The molecule has 0 aliphatic rings. The molecule has 0 bridgehead atoms. The number of benzene rings is 2. The highest BCUT2D eigenvalue weighted by molar-refractivity contribution is 5.46. The van der Waals surface area contributed by atoms with Gasteiger partial charge in [-0.1, -0.05) is 24.3 Å². The molecule has 6 heteroatoms. The third kappa shape index (κ3) is 2.89. The summed E-state index contributed by atoms with van der Waals surface area (Å²) in [5.74, 6) is 0.329. The van der Waals surface area contributed by atoms with Gasteiger partial charge in [0.05, 0.1) is 17.9 Å². The summed E-state index contributed by atoms with van der Waals surface area (Å²) in [6.07, 6.45) is 0. The van der Waals surface area contributed by atoms with Crippen molar-refractivity contribution in [2.24, 2.45) is 0 Å². The Hall–Kier alpha value is -2.76. The number of nitrogens with zero attached hydrogens (tertiary/aromatic N) is 4. The fourth-order valence-electron chi connectivity index (χ4n) is 2.02. The average molecular weight is 283 g/mol. The van der Waals surface area contributed by atoms with Gasteiger partial charge >= 0.3 is 0 Å². The highest BCUT2D eigenvalue weighted by Crippen LogP contribution is 2.16. The quantitative estimate of drug-likeness (QED) is 0.800. The molecule has 0 radical (unpaired) electrons. The fraction of sp³-hybridized carbons (Fsp3) is 0.133. The highest BCUT2D eigenvalue weighted by Gasteiger charge is 2.09. The van der Waals surface area contributed by atoms with E-state index in [1.807, 2.05) is 43.3 Å². The monoisotopic (exact) mass is 283 g/mol. The Kier molecular flexibility index (Phi) is 3.59. The Morgan fingerprint density at radius 1 is 1.14 bits per heavy atom. The van der Waals surface area contributed by atoms with Crippen molar-refractivity contribution < 1.29 is 4.39 Å². The molecule has 21 heavy (non-hydrogen) atoms. The van der Waals surface area contributed by atoms with Gasteiger partial charge in [0, 0.05) is 0 Å². The van der Waals surface area contributed by atoms with Gasteiger partial charge in [-0.25, -0.2) is 4.39 Å². The maximum absolute atomic E-state index is 13.8. The molecule has 1 aromatic heterocycles. The van der Waals surface area contributed by atoms with Gasteiger partial charge in [0.25, 0.3) is 0 Å². The molecule has 0 aliphatic carbocycles. The Morgan fingerprint density at radius 2 is 1.95 bits per heavy atom. The molecule has 1 heterocycles. The summed E-state index contributed by atoms with van der Waals surface area (Å²) in [5.41, 5.74) is 2.18. The molecule has 0 fully saturated rings. The molecule has 3 rings (SSSR count). The van der Waals surface area contributed by atoms with Crippen LogP contribution in [0.4, 0.5) is 10.1 Å². The molecule has 0 aliphatic heterocycles. The number of aromatic nitrogens is 4. The van der Waals surface area contributed by atoms with Crippen molar-refractivity contribution in [3.63, 3.8) is 0 Å². The second kappa shape index (κ2) is 5.70. The zero-order chi connectivity index (χ0) is 14.7. The lowest BCUT2D eigenvalue weighted by atomic mass is 10.2. The van der Waals surface area contributed by atoms with Crippen LogP contribution in [0.1, 0.15) is 11.4 Å². The molecule has 106 valence electrons. The SMILES string of the molecule is Cc1ccc(NCc2nnnn2-c2ccccc2)c(F)c1. The molecule has 3 aromatic rings. The largest absolute Gasteiger partial charge is 0.375 e. The molecule has 0 saturated carbocycles. The van der Waals surface area contributed by atoms with Crippen molar-refractivity contribution in [3.8, 4) is 5.69 Å². The summed E-state index contributed by atoms with van der Waals surface area (Å²) < 4.78 is 15.4. The number of anilines is 1. The number of para-hydroxylation sites is 1. The topological polar surface area (TPSA) is 55.6 Å². The number of hydrogen-bond acceptors (Lipinski definition) is 4. The van der Waals surface area contributed by atoms with E-state index in [1.165, 1.54) is 6.07 Å².